The van der Waals surface area contributed by atoms with Crippen LogP contribution in [0.5, 0.6) is 0 Å². The summed E-state index contributed by atoms with van der Waals surface area (Å²) in [4.78, 5) is 2.14. The van der Waals surface area contributed by atoms with Gasteiger partial charge in [-0.2, -0.15) is 11.8 Å². The van der Waals surface area contributed by atoms with Gasteiger partial charge in [0.15, 0.2) is 9.84 Å². The predicted octanol–water partition coefficient (Wildman–Crippen LogP) is 0.173. The molecule has 0 radical (unpaired) electrons. The van der Waals surface area contributed by atoms with Crippen molar-refractivity contribution in [3.8, 4) is 0 Å². The van der Waals surface area contributed by atoms with E-state index in [0.717, 1.165) is 31.8 Å². The Bertz CT molecular complexity index is 388. The van der Waals surface area contributed by atoms with Crippen LogP contribution in [0.2, 0.25) is 0 Å². The van der Waals surface area contributed by atoms with E-state index >= 15 is 0 Å². The van der Waals surface area contributed by atoms with Crippen LogP contribution in [0.15, 0.2) is 0 Å². The fraction of sp³-hybridized carbons (Fsp3) is 1.00. The van der Waals surface area contributed by atoms with Crippen molar-refractivity contribution in [1.82, 2.24) is 10.2 Å². The fourth-order valence-electron chi connectivity index (χ4n) is 2.73. The maximum absolute atomic E-state index is 12.2. The summed E-state index contributed by atoms with van der Waals surface area (Å²) in [7, 11) is -1.25. The number of nitrogens with zero attached hydrogens (tertiary/aromatic N) is 1. The third-order valence-electron chi connectivity index (χ3n) is 3.98. The van der Waals surface area contributed by atoms with Crippen LogP contribution in [0.4, 0.5) is 0 Å². The van der Waals surface area contributed by atoms with E-state index in [1.807, 2.05) is 0 Å². The summed E-state index contributed by atoms with van der Waals surface area (Å²) < 4.78 is 29.7. The molecule has 0 spiro atoms. The van der Waals surface area contributed by atoms with Gasteiger partial charge in [-0.3, -0.25) is 4.90 Å². The summed E-state index contributed by atoms with van der Waals surface area (Å²) in [5, 5.41) is 3.12. The van der Waals surface area contributed by atoms with Crippen LogP contribution in [0, 0.1) is 0 Å². The number of thioether (sulfide) groups is 1. The first-order valence-corrected chi connectivity index (χ1v) is 9.73. The second-order valence-corrected chi connectivity index (χ2v) is 8.77. The van der Waals surface area contributed by atoms with Crippen molar-refractivity contribution in [3.63, 3.8) is 0 Å². The molecule has 0 bridgehead atoms. The van der Waals surface area contributed by atoms with Gasteiger partial charge >= 0.3 is 0 Å². The monoisotopic (exact) mass is 308 g/mol. The zero-order valence-corrected chi connectivity index (χ0v) is 13.3. The molecule has 2 saturated heterocycles. The lowest BCUT2D eigenvalue weighted by molar-refractivity contribution is 0.115. The van der Waals surface area contributed by atoms with Gasteiger partial charge in [-0.1, -0.05) is 6.92 Å². The molecule has 0 aromatic carbocycles. The van der Waals surface area contributed by atoms with Gasteiger partial charge in [-0.25, -0.2) is 8.42 Å². The Hall–Kier alpha value is 0.180. The van der Waals surface area contributed by atoms with Crippen LogP contribution in [0.25, 0.3) is 0 Å². The van der Waals surface area contributed by atoms with Crippen molar-refractivity contribution in [3.05, 3.63) is 0 Å². The van der Waals surface area contributed by atoms with Crippen molar-refractivity contribution in [2.24, 2.45) is 0 Å². The van der Waals surface area contributed by atoms with Crippen LogP contribution >= 0.6 is 11.8 Å². The molecule has 0 aromatic rings. The van der Waals surface area contributed by atoms with Gasteiger partial charge in [0.25, 0.3) is 0 Å². The zero-order chi connectivity index (χ0) is 13.9. The van der Waals surface area contributed by atoms with Gasteiger partial charge in [0, 0.05) is 50.0 Å². The largest absolute Gasteiger partial charge is 0.380 e. The lowest BCUT2D eigenvalue weighted by atomic mass is 10.2. The van der Waals surface area contributed by atoms with E-state index in [1.165, 1.54) is 0 Å². The quantitative estimate of drug-likeness (QED) is 0.781. The maximum atomic E-state index is 12.2. The van der Waals surface area contributed by atoms with Crippen molar-refractivity contribution >= 4 is 21.6 Å². The molecule has 0 aromatic heterocycles. The Morgan fingerprint density at radius 1 is 1.47 bits per heavy atom. The van der Waals surface area contributed by atoms with Crippen LogP contribution in [-0.2, 0) is 14.6 Å². The summed E-state index contributed by atoms with van der Waals surface area (Å²) in [6.07, 6.45) is 1.24. The van der Waals surface area contributed by atoms with Crippen molar-refractivity contribution in [2.75, 3.05) is 44.0 Å². The number of hydrogen-bond acceptors (Lipinski definition) is 6. The summed E-state index contributed by atoms with van der Waals surface area (Å²) in [6, 6.07) is 0.350. The van der Waals surface area contributed by atoms with Crippen molar-refractivity contribution < 1.29 is 13.2 Å². The SMILES string of the molecule is CCS(=O)(=O)C1CSCCN1CC1CC(OC)CN1. The number of nitrogens with one attached hydrogen (secondary N) is 1. The van der Waals surface area contributed by atoms with Gasteiger partial charge in [-0.15, -0.1) is 0 Å². The number of rotatable bonds is 5. The highest BCUT2D eigenvalue weighted by molar-refractivity contribution is 8.01. The molecule has 3 atom stereocenters. The minimum Gasteiger partial charge on any atom is -0.380 e. The van der Waals surface area contributed by atoms with Crippen LogP contribution in [0.1, 0.15) is 13.3 Å². The molecule has 2 heterocycles. The van der Waals surface area contributed by atoms with Crippen LogP contribution < -0.4 is 5.32 Å². The van der Waals surface area contributed by atoms with Crippen LogP contribution in [-0.4, -0.2) is 74.8 Å². The van der Waals surface area contributed by atoms with Crippen molar-refractivity contribution in [1.29, 1.82) is 0 Å². The number of ether oxygens (including phenoxy) is 1. The Balaban J connectivity index is 1.97. The van der Waals surface area contributed by atoms with Gasteiger partial charge in [0.05, 0.1) is 6.10 Å². The normalized spacial score (nSPS) is 33.7. The Labute approximate surface area is 120 Å². The molecule has 2 rings (SSSR count). The first-order valence-electron chi connectivity index (χ1n) is 6.86. The van der Waals surface area contributed by atoms with E-state index in [0.29, 0.717) is 11.8 Å². The average Bonchev–Trinajstić information content (AvgIpc) is 2.87. The Kier molecular flexibility index (Phi) is 5.54. The number of sulfone groups is 1. The zero-order valence-electron chi connectivity index (χ0n) is 11.7. The van der Waals surface area contributed by atoms with E-state index in [1.54, 1.807) is 25.8 Å². The van der Waals surface area contributed by atoms with Gasteiger partial charge < -0.3 is 10.1 Å². The maximum Gasteiger partial charge on any atom is 0.166 e. The standard InChI is InChI=1S/C12H24N2O3S2/c1-3-19(15,16)12-9-18-5-4-14(12)8-10-6-11(17-2)7-13-10/h10-13H,3-9H2,1-2H3. The van der Waals surface area contributed by atoms with Crippen LogP contribution in [0.3, 0.4) is 0 Å². The molecule has 3 unspecified atom stereocenters. The topological polar surface area (TPSA) is 58.6 Å². The fourth-order valence-corrected chi connectivity index (χ4v) is 5.82. The first-order chi connectivity index (χ1) is 9.06. The molecule has 112 valence electrons. The lowest BCUT2D eigenvalue weighted by Crippen LogP contribution is -2.51. The molecule has 2 aliphatic heterocycles. The molecule has 2 aliphatic rings. The number of hydrogen-bond donors (Lipinski definition) is 1. The highest BCUT2D eigenvalue weighted by atomic mass is 32.2. The van der Waals surface area contributed by atoms with E-state index in [2.05, 4.69) is 10.2 Å². The van der Waals surface area contributed by atoms with E-state index in [9.17, 15) is 8.42 Å². The summed E-state index contributed by atoms with van der Waals surface area (Å²) in [6.45, 7) is 4.28. The van der Waals surface area contributed by atoms with Gasteiger partial charge in [0.2, 0.25) is 0 Å². The molecule has 19 heavy (non-hydrogen) atoms. The third kappa shape index (κ3) is 3.85. The average molecular weight is 308 g/mol. The molecule has 0 aliphatic carbocycles. The second kappa shape index (κ2) is 6.76. The molecule has 2 fully saturated rings. The molecular weight excluding hydrogens is 284 g/mol. The van der Waals surface area contributed by atoms with E-state index < -0.39 is 9.84 Å². The molecule has 0 saturated carbocycles. The Morgan fingerprint density at radius 3 is 2.89 bits per heavy atom. The Morgan fingerprint density at radius 2 is 2.26 bits per heavy atom. The summed E-state index contributed by atoms with van der Waals surface area (Å²) in [5.74, 6) is 1.96. The third-order valence-corrected chi connectivity index (χ3v) is 7.31. The summed E-state index contributed by atoms with van der Waals surface area (Å²) >= 11 is 1.75. The molecular formula is C12H24N2O3S2. The molecule has 0 amide bonds. The number of methoxy groups -OCH3 is 1. The van der Waals surface area contributed by atoms with E-state index in [4.69, 9.17) is 4.74 Å². The molecule has 1 N–H and O–H groups in total. The smallest absolute Gasteiger partial charge is 0.166 e. The first kappa shape index (κ1) is 15.6. The molecule has 5 nitrogen and oxygen atoms in total. The predicted molar refractivity (Wildman–Crippen MR) is 79.4 cm³/mol. The minimum atomic E-state index is -2.99. The summed E-state index contributed by atoms with van der Waals surface area (Å²) in [5.41, 5.74) is 0. The lowest BCUT2D eigenvalue weighted by Gasteiger charge is -2.36. The van der Waals surface area contributed by atoms with Gasteiger partial charge in [-0.05, 0) is 6.42 Å². The highest BCUT2D eigenvalue weighted by Crippen LogP contribution is 2.23. The molecule has 7 heteroatoms. The second-order valence-electron chi connectivity index (χ2n) is 5.17. The minimum absolute atomic E-state index is 0.230. The van der Waals surface area contributed by atoms with Gasteiger partial charge in [0.1, 0.15) is 5.37 Å². The highest BCUT2D eigenvalue weighted by Gasteiger charge is 2.35. The van der Waals surface area contributed by atoms with E-state index in [-0.39, 0.29) is 17.2 Å². The van der Waals surface area contributed by atoms with Crippen molar-refractivity contribution in [2.45, 2.75) is 30.9 Å².